The third-order valence-corrected chi connectivity index (χ3v) is 5.35. The fraction of sp³-hybridized carbons (Fsp3) is 0.500. The average Bonchev–Trinajstić information content (AvgIpc) is 2.96. The van der Waals surface area contributed by atoms with Crippen LogP contribution < -0.4 is 10.5 Å². The highest BCUT2D eigenvalue weighted by atomic mass is 35.5. The summed E-state index contributed by atoms with van der Waals surface area (Å²) in [5.74, 6) is 0.798. The van der Waals surface area contributed by atoms with Crippen LogP contribution in [-0.4, -0.2) is 38.5 Å². The summed E-state index contributed by atoms with van der Waals surface area (Å²) in [6.45, 7) is 1.56. The lowest BCUT2D eigenvalue weighted by Gasteiger charge is -2.16. The Kier molecular flexibility index (Phi) is 4.06. The Morgan fingerprint density at radius 3 is 2.84 bits per heavy atom. The monoisotopic (exact) mass is 304 g/mol. The van der Waals surface area contributed by atoms with E-state index in [4.69, 9.17) is 10.5 Å². The van der Waals surface area contributed by atoms with Crippen molar-refractivity contribution < 1.29 is 13.2 Å². The highest BCUT2D eigenvalue weighted by Crippen LogP contribution is 2.29. The van der Waals surface area contributed by atoms with Crippen molar-refractivity contribution >= 4 is 22.4 Å². The first-order chi connectivity index (χ1) is 8.57. The molecule has 2 heterocycles. The summed E-state index contributed by atoms with van der Waals surface area (Å²) >= 11 is 0. The van der Waals surface area contributed by atoms with Gasteiger partial charge in [0.15, 0.2) is 0 Å². The van der Waals surface area contributed by atoms with Crippen molar-refractivity contribution in [1.82, 2.24) is 4.31 Å². The Morgan fingerprint density at radius 2 is 2.16 bits per heavy atom. The summed E-state index contributed by atoms with van der Waals surface area (Å²) in [5, 5.41) is 0. The number of ether oxygens (including phenoxy) is 1. The second-order valence-electron chi connectivity index (χ2n) is 4.78. The zero-order valence-corrected chi connectivity index (χ0v) is 12.0. The van der Waals surface area contributed by atoms with Gasteiger partial charge in [-0.05, 0) is 30.2 Å². The molecule has 0 saturated carbocycles. The van der Waals surface area contributed by atoms with Crippen LogP contribution >= 0.6 is 12.4 Å². The molecule has 0 unspecified atom stereocenters. The summed E-state index contributed by atoms with van der Waals surface area (Å²) in [7, 11) is -3.40. The van der Waals surface area contributed by atoms with Gasteiger partial charge < -0.3 is 10.5 Å². The third-order valence-electron chi connectivity index (χ3n) is 3.49. The molecule has 0 spiro atoms. The fourth-order valence-electron chi connectivity index (χ4n) is 2.44. The van der Waals surface area contributed by atoms with Gasteiger partial charge in [-0.25, -0.2) is 8.42 Å². The molecule has 0 bridgehead atoms. The lowest BCUT2D eigenvalue weighted by atomic mass is 10.2. The van der Waals surface area contributed by atoms with Gasteiger partial charge in [0, 0.05) is 25.6 Å². The smallest absolute Gasteiger partial charge is 0.243 e. The number of hydrogen-bond donors (Lipinski definition) is 1. The molecule has 3 rings (SSSR count). The minimum absolute atomic E-state index is 0. The first-order valence-corrected chi connectivity index (χ1v) is 7.53. The van der Waals surface area contributed by atoms with E-state index in [1.54, 1.807) is 18.2 Å². The van der Waals surface area contributed by atoms with E-state index in [0.29, 0.717) is 24.6 Å². The Morgan fingerprint density at radius 1 is 1.37 bits per heavy atom. The maximum absolute atomic E-state index is 12.4. The van der Waals surface area contributed by atoms with Crippen LogP contribution in [0.1, 0.15) is 12.0 Å². The number of rotatable bonds is 2. The van der Waals surface area contributed by atoms with Gasteiger partial charge in [0.2, 0.25) is 10.0 Å². The van der Waals surface area contributed by atoms with Crippen LogP contribution in [0.4, 0.5) is 0 Å². The number of sulfonamides is 1. The molecule has 1 aromatic carbocycles. The van der Waals surface area contributed by atoms with Gasteiger partial charge in [0.05, 0.1) is 11.5 Å². The van der Waals surface area contributed by atoms with E-state index in [1.165, 1.54) is 4.31 Å². The summed E-state index contributed by atoms with van der Waals surface area (Å²) in [6, 6.07) is 5.04. The van der Waals surface area contributed by atoms with Crippen LogP contribution in [0.3, 0.4) is 0 Å². The molecule has 2 aliphatic heterocycles. The standard InChI is InChI=1S/C12H16N2O3S.ClH/c13-10-3-5-14(8-10)18(15,16)11-1-2-12-9(7-11)4-6-17-12;/h1-2,7,10H,3-6,8,13H2;1H/t10-;/m1./s1. The fourth-order valence-corrected chi connectivity index (χ4v) is 4.01. The first kappa shape index (κ1) is 14.6. The number of nitrogens with zero attached hydrogens (tertiary/aromatic N) is 1. The number of halogens is 1. The van der Waals surface area contributed by atoms with E-state index in [0.717, 1.165) is 24.2 Å². The van der Waals surface area contributed by atoms with Crippen LogP contribution in [0.5, 0.6) is 5.75 Å². The molecule has 19 heavy (non-hydrogen) atoms. The van der Waals surface area contributed by atoms with Crippen molar-refractivity contribution in [3.05, 3.63) is 23.8 Å². The lowest BCUT2D eigenvalue weighted by molar-refractivity contribution is 0.356. The molecule has 106 valence electrons. The second kappa shape index (κ2) is 5.28. The molecule has 7 heteroatoms. The molecule has 0 aromatic heterocycles. The van der Waals surface area contributed by atoms with Gasteiger partial charge >= 0.3 is 0 Å². The minimum Gasteiger partial charge on any atom is -0.493 e. The quantitative estimate of drug-likeness (QED) is 0.876. The number of hydrogen-bond acceptors (Lipinski definition) is 4. The largest absolute Gasteiger partial charge is 0.493 e. The van der Waals surface area contributed by atoms with Gasteiger partial charge in [-0.2, -0.15) is 4.31 Å². The van der Waals surface area contributed by atoms with Crippen molar-refractivity contribution in [3.8, 4) is 5.75 Å². The van der Waals surface area contributed by atoms with Crippen LogP contribution in [-0.2, 0) is 16.4 Å². The molecule has 5 nitrogen and oxygen atoms in total. The van der Waals surface area contributed by atoms with E-state index in [2.05, 4.69) is 0 Å². The number of nitrogens with two attached hydrogens (primary N) is 1. The van der Waals surface area contributed by atoms with Crippen LogP contribution in [0, 0.1) is 0 Å². The second-order valence-corrected chi connectivity index (χ2v) is 6.72. The molecular formula is C12H17ClN2O3S. The van der Waals surface area contributed by atoms with E-state index in [9.17, 15) is 8.42 Å². The molecule has 1 fully saturated rings. The maximum atomic E-state index is 12.4. The summed E-state index contributed by atoms with van der Waals surface area (Å²) in [5.41, 5.74) is 6.74. The molecular weight excluding hydrogens is 288 g/mol. The first-order valence-electron chi connectivity index (χ1n) is 6.09. The predicted octanol–water partition coefficient (Wildman–Crippen LogP) is 0.765. The van der Waals surface area contributed by atoms with Crippen LogP contribution in [0.15, 0.2) is 23.1 Å². The van der Waals surface area contributed by atoms with Crippen LogP contribution in [0.2, 0.25) is 0 Å². The Hall–Kier alpha value is -0.820. The van der Waals surface area contributed by atoms with Gasteiger partial charge in [-0.3, -0.25) is 0 Å². The van der Waals surface area contributed by atoms with E-state index < -0.39 is 10.0 Å². The molecule has 0 aliphatic carbocycles. The SMILES string of the molecule is Cl.N[C@@H]1CCN(S(=O)(=O)c2ccc3c(c2)CCO3)C1. The van der Waals surface area contributed by atoms with Gasteiger partial charge in [0.25, 0.3) is 0 Å². The normalized spacial score (nSPS) is 22.7. The van der Waals surface area contributed by atoms with Crippen molar-refractivity contribution in [2.24, 2.45) is 5.73 Å². The Labute approximate surface area is 119 Å². The van der Waals surface area contributed by atoms with Crippen molar-refractivity contribution in [2.45, 2.75) is 23.8 Å². The molecule has 0 amide bonds. The third kappa shape index (κ3) is 2.58. The van der Waals surface area contributed by atoms with Crippen molar-refractivity contribution in [2.75, 3.05) is 19.7 Å². The average molecular weight is 305 g/mol. The molecule has 2 aliphatic rings. The van der Waals surface area contributed by atoms with Gasteiger partial charge in [-0.15, -0.1) is 12.4 Å². The summed E-state index contributed by atoms with van der Waals surface area (Å²) in [6.07, 6.45) is 1.51. The van der Waals surface area contributed by atoms with E-state index in [-0.39, 0.29) is 18.4 Å². The highest BCUT2D eigenvalue weighted by molar-refractivity contribution is 7.89. The molecule has 1 aromatic rings. The van der Waals surface area contributed by atoms with Crippen molar-refractivity contribution in [3.63, 3.8) is 0 Å². The predicted molar refractivity (Wildman–Crippen MR) is 74.2 cm³/mol. The zero-order valence-electron chi connectivity index (χ0n) is 10.4. The van der Waals surface area contributed by atoms with Crippen LogP contribution in [0.25, 0.3) is 0 Å². The summed E-state index contributed by atoms with van der Waals surface area (Å²) < 4.78 is 31.7. The zero-order chi connectivity index (χ0) is 12.8. The highest BCUT2D eigenvalue weighted by Gasteiger charge is 2.31. The van der Waals surface area contributed by atoms with Gasteiger partial charge in [0.1, 0.15) is 5.75 Å². The van der Waals surface area contributed by atoms with Crippen molar-refractivity contribution in [1.29, 1.82) is 0 Å². The maximum Gasteiger partial charge on any atom is 0.243 e. The lowest BCUT2D eigenvalue weighted by Crippen LogP contribution is -2.32. The minimum atomic E-state index is -3.40. The van der Waals surface area contributed by atoms with Gasteiger partial charge in [-0.1, -0.05) is 0 Å². The molecule has 2 N–H and O–H groups in total. The molecule has 0 radical (unpaired) electrons. The molecule has 1 saturated heterocycles. The Bertz CT molecular complexity index is 576. The number of fused-ring (bicyclic) bond motifs is 1. The molecule has 1 atom stereocenters. The topological polar surface area (TPSA) is 72.6 Å². The van der Waals surface area contributed by atoms with E-state index in [1.807, 2.05) is 0 Å². The summed E-state index contributed by atoms with van der Waals surface area (Å²) in [4.78, 5) is 0.348. The Balaban J connectivity index is 0.00000133. The van der Waals surface area contributed by atoms with E-state index >= 15 is 0 Å². The number of benzene rings is 1.